The summed E-state index contributed by atoms with van der Waals surface area (Å²) in [5.74, 6) is -3.21. The zero-order chi connectivity index (χ0) is 16.0. The van der Waals surface area contributed by atoms with Crippen LogP contribution < -0.4 is 5.32 Å². The van der Waals surface area contributed by atoms with Gasteiger partial charge in [-0.2, -0.15) is 0 Å². The molecule has 0 amide bonds. The predicted octanol–water partition coefficient (Wildman–Crippen LogP) is 1.83. The molecule has 0 spiro atoms. The van der Waals surface area contributed by atoms with E-state index >= 15 is 0 Å². The van der Waals surface area contributed by atoms with Crippen LogP contribution in [0.2, 0.25) is 0 Å². The minimum absolute atomic E-state index is 0.0295. The number of fused-ring (bicyclic) bond motifs is 3. The maximum absolute atomic E-state index is 11.4. The van der Waals surface area contributed by atoms with Gasteiger partial charge in [0, 0.05) is 17.9 Å². The summed E-state index contributed by atoms with van der Waals surface area (Å²) in [6.45, 7) is 0. The Bertz CT molecular complexity index is 726. The first-order chi connectivity index (χ1) is 10.4. The van der Waals surface area contributed by atoms with Crippen LogP contribution in [0.25, 0.3) is 0 Å². The second kappa shape index (κ2) is 4.83. The molecule has 2 aliphatic rings. The number of aliphatic carboxylic acids is 1. The van der Waals surface area contributed by atoms with E-state index in [2.05, 4.69) is 5.32 Å². The Morgan fingerprint density at radius 1 is 1.32 bits per heavy atom. The van der Waals surface area contributed by atoms with E-state index in [1.54, 1.807) is 12.2 Å². The molecule has 1 aromatic rings. The van der Waals surface area contributed by atoms with E-state index in [1.165, 1.54) is 0 Å². The minimum Gasteiger partial charge on any atom is -0.480 e. The van der Waals surface area contributed by atoms with E-state index in [1.807, 2.05) is 0 Å². The van der Waals surface area contributed by atoms with Gasteiger partial charge in [0.05, 0.1) is 21.7 Å². The first kappa shape index (κ1) is 14.1. The average molecular weight is 304 g/mol. The number of benzene rings is 1. The number of nitrogens with one attached hydrogen (secondary N) is 1. The number of carboxylic acids is 2. The normalized spacial score (nSPS) is 25.0. The fraction of sp³-hybridized carbons (Fsp3) is 0.286. The summed E-state index contributed by atoms with van der Waals surface area (Å²) < 4.78 is 0. The van der Waals surface area contributed by atoms with Gasteiger partial charge in [0.15, 0.2) is 0 Å². The fourth-order valence-corrected chi connectivity index (χ4v) is 3.27. The lowest BCUT2D eigenvalue weighted by Crippen LogP contribution is -2.42. The molecule has 3 rings (SSSR count). The number of hydrogen-bond acceptors (Lipinski definition) is 5. The molecule has 8 nitrogen and oxygen atoms in total. The quantitative estimate of drug-likeness (QED) is 0.441. The van der Waals surface area contributed by atoms with Crippen molar-refractivity contribution >= 4 is 23.3 Å². The monoisotopic (exact) mass is 304 g/mol. The number of nitro benzene ring substituents is 1. The Balaban J connectivity index is 2.27. The third kappa shape index (κ3) is 1.92. The lowest BCUT2D eigenvalue weighted by molar-refractivity contribution is -0.385. The number of allylic oxidation sites excluding steroid dienone is 2. The van der Waals surface area contributed by atoms with Gasteiger partial charge in [0.25, 0.3) is 5.69 Å². The van der Waals surface area contributed by atoms with Gasteiger partial charge in [-0.15, -0.1) is 0 Å². The van der Waals surface area contributed by atoms with Crippen molar-refractivity contribution in [2.75, 3.05) is 5.32 Å². The molecule has 114 valence electrons. The van der Waals surface area contributed by atoms with E-state index in [0.717, 1.165) is 12.1 Å². The molecule has 1 heterocycles. The number of carbonyl (C=O) groups is 2. The summed E-state index contributed by atoms with van der Waals surface area (Å²) >= 11 is 0. The highest BCUT2D eigenvalue weighted by Crippen LogP contribution is 2.49. The molecule has 0 saturated heterocycles. The van der Waals surface area contributed by atoms with Crippen LogP contribution in [-0.4, -0.2) is 33.1 Å². The first-order valence-corrected chi connectivity index (χ1v) is 6.62. The molecule has 1 aliphatic heterocycles. The van der Waals surface area contributed by atoms with Crippen molar-refractivity contribution < 1.29 is 24.7 Å². The molecule has 8 heteroatoms. The van der Waals surface area contributed by atoms with Crippen LogP contribution in [0.4, 0.5) is 11.4 Å². The van der Waals surface area contributed by atoms with Gasteiger partial charge < -0.3 is 15.5 Å². The van der Waals surface area contributed by atoms with Gasteiger partial charge >= 0.3 is 11.9 Å². The fourth-order valence-electron chi connectivity index (χ4n) is 3.27. The number of nitro groups is 1. The van der Waals surface area contributed by atoms with Gasteiger partial charge in [0.2, 0.25) is 0 Å². The van der Waals surface area contributed by atoms with E-state index in [-0.39, 0.29) is 28.4 Å². The van der Waals surface area contributed by atoms with E-state index < -0.39 is 28.8 Å². The second-order valence-corrected chi connectivity index (χ2v) is 5.30. The second-order valence-electron chi connectivity index (χ2n) is 5.30. The molecule has 0 fully saturated rings. The molecule has 3 N–H and O–H groups in total. The highest BCUT2D eigenvalue weighted by Gasteiger charge is 2.45. The summed E-state index contributed by atoms with van der Waals surface area (Å²) in [6.07, 6.45) is 3.97. The molecule has 0 radical (unpaired) electrons. The summed E-state index contributed by atoms with van der Waals surface area (Å²) in [6, 6.07) is 1.31. The van der Waals surface area contributed by atoms with Crippen LogP contribution in [0.3, 0.4) is 0 Å². The summed E-state index contributed by atoms with van der Waals surface area (Å²) in [4.78, 5) is 33.5. The molecule has 0 saturated carbocycles. The van der Waals surface area contributed by atoms with E-state index in [9.17, 15) is 29.9 Å². The van der Waals surface area contributed by atoms with Crippen LogP contribution in [0, 0.1) is 16.0 Å². The highest BCUT2D eigenvalue weighted by atomic mass is 16.6. The van der Waals surface area contributed by atoms with E-state index in [4.69, 9.17) is 0 Å². The lowest BCUT2D eigenvalue weighted by Gasteiger charge is -2.34. The smallest absolute Gasteiger partial charge is 0.337 e. The highest BCUT2D eigenvalue weighted by molar-refractivity contribution is 5.98. The van der Waals surface area contributed by atoms with Crippen LogP contribution in [0.1, 0.15) is 28.3 Å². The average Bonchev–Trinajstić information content (AvgIpc) is 2.93. The van der Waals surface area contributed by atoms with Crippen LogP contribution in [0.15, 0.2) is 24.3 Å². The molecule has 0 aromatic heterocycles. The molecule has 3 atom stereocenters. The van der Waals surface area contributed by atoms with Gasteiger partial charge in [-0.1, -0.05) is 12.2 Å². The number of hydrogen-bond donors (Lipinski definition) is 3. The van der Waals surface area contributed by atoms with Crippen molar-refractivity contribution in [3.8, 4) is 0 Å². The number of carboxylic acid groups (broad SMARTS) is 2. The molecule has 1 aromatic carbocycles. The number of aromatic carboxylic acids is 1. The Morgan fingerprint density at radius 3 is 2.64 bits per heavy atom. The Hall–Kier alpha value is -2.90. The SMILES string of the molecule is O=C(O)c1ccc([N+](=O)[O-])c2c1N[C@H](C(=O)O)[C@@H]1CC=C[C@@H]21. The topological polar surface area (TPSA) is 130 Å². The van der Waals surface area contributed by atoms with Crippen molar-refractivity contribution in [2.45, 2.75) is 18.4 Å². The zero-order valence-corrected chi connectivity index (χ0v) is 11.2. The molecular formula is C14H12N2O6. The Labute approximate surface area is 124 Å². The molecule has 0 unspecified atom stereocenters. The van der Waals surface area contributed by atoms with Crippen molar-refractivity contribution in [1.29, 1.82) is 0 Å². The maximum atomic E-state index is 11.4. The predicted molar refractivity (Wildman–Crippen MR) is 75.1 cm³/mol. The summed E-state index contributed by atoms with van der Waals surface area (Å²) in [5, 5.41) is 32.5. The third-order valence-electron chi connectivity index (χ3n) is 4.19. The standard InChI is InChI=1S/C14H12N2O6/c17-13(18)8-4-5-9(16(21)22)10-6-2-1-3-7(6)12(14(19)20)15-11(8)10/h1-2,4-7,12,15H,3H2,(H,17,18)(H,19,20)/t6-,7-,12+/m1/s1. The van der Waals surface area contributed by atoms with Crippen molar-refractivity contribution in [3.63, 3.8) is 0 Å². The summed E-state index contributed by atoms with van der Waals surface area (Å²) in [7, 11) is 0. The number of nitrogens with zero attached hydrogens (tertiary/aromatic N) is 1. The largest absolute Gasteiger partial charge is 0.480 e. The van der Waals surface area contributed by atoms with Gasteiger partial charge in [-0.25, -0.2) is 9.59 Å². The van der Waals surface area contributed by atoms with Crippen LogP contribution in [0.5, 0.6) is 0 Å². The third-order valence-corrected chi connectivity index (χ3v) is 4.19. The number of rotatable bonds is 3. The van der Waals surface area contributed by atoms with Crippen molar-refractivity contribution in [1.82, 2.24) is 0 Å². The molecule has 1 aliphatic carbocycles. The summed E-state index contributed by atoms with van der Waals surface area (Å²) in [5.41, 5.74) is -0.0773. The van der Waals surface area contributed by atoms with Crippen LogP contribution in [-0.2, 0) is 4.79 Å². The molecule has 0 bridgehead atoms. The molecular weight excluding hydrogens is 292 g/mol. The minimum atomic E-state index is -1.26. The van der Waals surface area contributed by atoms with E-state index in [0.29, 0.717) is 6.42 Å². The Morgan fingerprint density at radius 2 is 2.05 bits per heavy atom. The Kier molecular flexibility index (Phi) is 3.09. The molecule has 22 heavy (non-hydrogen) atoms. The lowest BCUT2D eigenvalue weighted by atomic mass is 9.77. The van der Waals surface area contributed by atoms with Gasteiger partial charge in [0.1, 0.15) is 6.04 Å². The maximum Gasteiger partial charge on any atom is 0.337 e. The number of anilines is 1. The van der Waals surface area contributed by atoms with Crippen molar-refractivity contribution in [3.05, 3.63) is 45.5 Å². The van der Waals surface area contributed by atoms with Gasteiger partial charge in [-0.05, 0) is 12.5 Å². The first-order valence-electron chi connectivity index (χ1n) is 6.62. The zero-order valence-electron chi connectivity index (χ0n) is 11.2. The van der Waals surface area contributed by atoms with Crippen molar-refractivity contribution in [2.24, 2.45) is 5.92 Å². The van der Waals surface area contributed by atoms with Crippen LogP contribution >= 0.6 is 0 Å². The van der Waals surface area contributed by atoms with Gasteiger partial charge in [-0.3, -0.25) is 10.1 Å².